The number of likely N-dealkylation sites (N-methyl/N-ethyl adjacent to an activating group) is 1. The Kier molecular flexibility index (Phi) is 6.12. The maximum absolute atomic E-state index is 12.4. The van der Waals surface area contributed by atoms with Gasteiger partial charge in [-0.25, -0.2) is 0 Å². The van der Waals surface area contributed by atoms with Crippen molar-refractivity contribution in [1.82, 2.24) is 5.32 Å². The number of hydrogen-bond donors (Lipinski definition) is 1. The Morgan fingerprint density at radius 2 is 1.96 bits per heavy atom. The van der Waals surface area contributed by atoms with E-state index in [1.807, 2.05) is 12.1 Å². The first kappa shape index (κ1) is 19.0. The quantitative estimate of drug-likeness (QED) is 0.818. The molecule has 2 amide bonds. The second-order valence-electron chi connectivity index (χ2n) is 6.87. The summed E-state index contributed by atoms with van der Waals surface area (Å²) >= 11 is 0. The summed E-state index contributed by atoms with van der Waals surface area (Å²) in [7, 11) is 0. The summed E-state index contributed by atoms with van der Waals surface area (Å²) in [6.07, 6.45) is 1.51. The van der Waals surface area contributed by atoms with Gasteiger partial charge < -0.3 is 15.1 Å². The van der Waals surface area contributed by atoms with Crippen molar-refractivity contribution in [2.75, 3.05) is 36.0 Å². The number of carbonyl (C=O) groups excluding carboxylic acids is 2. The fraction of sp³-hybridized carbons (Fsp3) is 0.364. The van der Waals surface area contributed by atoms with Crippen molar-refractivity contribution in [1.29, 1.82) is 0 Å². The lowest BCUT2D eigenvalue weighted by molar-refractivity contribution is -0.117. The smallest absolute Gasteiger partial charge is 0.251 e. The van der Waals surface area contributed by atoms with Crippen molar-refractivity contribution in [3.63, 3.8) is 0 Å². The lowest BCUT2D eigenvalue weighted by Gasteiger charge is -2.23. The molecule has 0 radical (unpaired) electrons. The molecule has 1 saturated heterocycles. The zero-order valence-corrected chi connectivity index (χ0v) is 16.1. The first-order valence-corrected chi connectivity index (χ1v) is 9.58. The number of benzene rings is 2. The van der Waals surface area contributed by atoms with Crippen LogP contribution in [0.2, 0.25) is 0 Å². The van der Waals surface area contributed by atoms with E-state index in [0.717, 1.165) is 31.7 Å². The summed E-state index contributed by atoms with van der Waals surface area (Å²) in [5.41, 5.74) is 3.88. The number of nitrogens with one attached hydrogen (secondary N) is 1. The minimum Gasteiger partial charge on any atom is -0.370 e. The third-order valence-corrected chi connectivity index (χ3v) is 4.93. The molecule has 1 aliphatic heterocycles. The van der Waals surface area contributed by atoms with Crippen LogP contribution in [0.15, 0.2) is 48.5 Å². The van der Waals surface area contributed by atoms with Crippen molar-refractivity contribution < 1.29 is 9.59 Å². The summed E-state index contributed by atoms with van der Waals surface area (Å²) in [6.45, 7) is 7.17. The van der Waals surface area contributed by atoms with Crippen LogP contribution in [0.3, 0.4) is 0 Å². The second-order valence-corrected chi connectivity index (χ2v) is 6.87. The standard InChI is InChI=1S/C22H27N3O2/c1-3-24(20-7-4-6-17(2)16-20)15-13-23-22(27)18-9-11-19(12-10-18)25-14-5-8-21(25)26/h4,6-7,9-12,16H,3,5,8,13-15H2,1-2H3,(H,23,27). The van der Waals surface area contributed by atoms with Gasteiger partial charge in [0, 0.05) is 49.5 Å². The Bertz CT molecular complexity index is 801. The van der Waals surface area contributed by atoms with E-state index >= 15 is 0 Å². The number of anilines is 2. The van der Waals surface area contributed by atoms with Crippen molar-refractivity contribution in [3.8, 4) is 0 Å². The Balaban J connectivity index is 1.53. The predicted molar refractivity (Wildman–Crippen MR) is 109 cm³/mol. The van der Waals surface area contributed by atoms with Gasteiger partial charge in [0.1, 0.15) is 0 Å². The largest absolute Gasteiger partial charge is 0.370 e. The molecule has 3 rings (SSSR count). The lowest BCUT2D eigenvalue weighted by atomic mass is 10.2. The molecule has 0 spiro atoms. The number of rotatable bonds is 7. The highest BCUT2D eigenvalue weighted by molar-refractivity contribution is 5.97. The first-order chi connectivity index (χ1) is 13.1. The maximum atomic E-state index is 12.4. The number of aryl methyl sites for hydroxylation is 1. The van der Waals surface area contributed by atoms with Crippen molar-refractivity contribution in [2.24, 2.45) is 0 Å². The molecule has 1 aliphatic rings. The van der Waals surface area contributed by atoms with Crippen LogP contribution in [0.5, 0.6) is 0 Å². The van der Waals surface area contributed by atoms with Crippen LogP contribution < -0.4 is 15.1 Å². The van der Waals surface area contributed by atoms with Gasteiger partial charge in [0.15, 0.2) is 0 Å². The molecular formula is C22H27N3O2. The summed E-state index contributed by atoms with van der Waals surface area (Å²) in [5.74, 6) is 0.0672. The van der Waals surface area contributed by atoms with Crippen LogP contribution in [0.25, 0.3) is 0 Å². The minimum absolute atomic E-state index is 0.0883. The Morgan fingerprint density at radius 1 is 1.19 bits per heavy atom. The summed E-state index contributed by atoms with van der Waals surface area (Å²) in [5, 5.41) is 2.98. The third kappa shape index (κ3) is 4.67. The molecular weight excluding hydrogens is 338 g/mol. The zero-order chi connectivity index (χ0) is 19.2. The number of nitrogens with zero attached hydrogens (tertiary/aromatic N) is 2. The number of carbonyl (C=O) groups is 2. The highest BCUT2D eigenvalue weighted by atomic mass is 16.2. The molecule has 27 heavy (non-hydrogen) atoms. The van der Waals surface area contributed by atoms with Gasteiger partial charge in [0.2, 0.25) is 5.91 Å². The highest BCUT2D eigenvalue weighted by Crippen LogP contribution is 2.21. The van der Waals surface area contributed by atoms with Gasteiger partial charge in [-0.15, -0.1) is 0 Å². The van der Waals surface area contributed by atoms with Gasteiger partial charge in [-0.05, 0) is 62.2 Å². The average molecular weight is 365 g/mol. The molecule has 5 nitrogen and oxygen atoms in total. The highest BCUT2D eigenvalue weighted by Gasteiger charge is 2.21. The van der Waals surface area contributed by atoms with Crippen LogP contribution in [0, 0.1) is 6.92 Å². The normalized spacial score (nSPS) is 13.7. The summed E-state index contributed by atoms with van der Waals surface area (Å²) in [6, 6.07) is 15.7. The SMILES string of the molecule is CCN(CCNC(=O)c1ccc(N2CCCC2=O)cc1)c1cccc(C)c1. The third-order valence-electron chi connectivity index (χ3n) is 4.93. The van der Waals surface area contributed by atoms with Gasteiger partial charge in [-0.3, -0.25) is 9.59 Å². The molecule has 0 aromatic heterocycles. The maximum Gasteiger partial charge on any atom is 0.251 e. The van der Waals surface area contributed by atoms with E-state index in [9.17, 15) is 9.59 Å². The van der Waals surface area contributed by atoms with Gasteiger partial charge in [0.25, 0.3) is 5.91 Å². The van der Waals surface area contributed by atoms with E-state index in [-0.39, 0.29) is 11.8 Å². The Hall–Kier alpha value is -2.82. The van der Waals surface area contributed by atoms with Gasteiger partial charge >= 0.3 is 0 Å². The summed E-state index contributed by atoms with van der Waals surface area (Å²) < 4.78 is 0. The monoisotopic (exact) mass is 365 g/mol. The molecule has 0 aliphatic carbocycles. The molecule has 1 fully saturated rings. The van der Waals surface area contributed by atoms with E-state index in [0.29, 0.717) is 18.5 Å². The van der Waals surface area contributed by atoms with E-state index in [2.05, 4.69) is 48.3 Å². The molecule has 1 N–H and O–H groups in total. The molecule has 0 unspecified atom stereocenters. The van der Waals surface area contributed by atoms with Gasteiger partial charge in [-0.1, -0.05) is 12.1 Å². The molecule has 0 saturated carbocycles. The van der Waals surface area contributed by atoms with Crippen molar-refractivity contribution >= 4 is 23.2 Å². The molecule has 5 heteroatoms. The van der Waals surface area contributed by atoms with Gasteiger partial charge in [0.05, 0.1) is 0 Å². The second kappa shape index (κ2) is 8.71. The fourth-order valence-electron chi connectivity index (χ4n) is 3.41. The number of amides is 2. The molecule has 0 bridgehead atoms. The van der Waals surface area contributed by atoms with E-state index < -0.39 is 0 Å². The first-order valence-electron chi connectivity index (χ1n) is 9.58. The minimum atomic E-state index is -0.0883. The average Bonchev–Trinajstić information content (AvgIpc) is 3.11. The van der Waals surface area contributed by atoms with Crippen LogP contribution in [-0.4, -0.2) is 38.0 Å². The van der Waals surface area contributed by atoms with E-state index in [1.54, 1.807) is 17.0 Å². The molecule has 142 valence electrons. The van der Waals surface area contributed by atoms with Gasteiger partial charge in [-0.2, -0.15) is 0 Å². The van der Waals surface area contributed by atoms with Crippen LogP contribution in [0.4, 0.5) is 11.4 Å². The Morgan fingerprint density at radius 3 is 2.59 bits per heavy atom. The predicted octanol–water partition coefficient (Wildman–Crippen LogP) is 3.38. The van der Waals surface area contributed by atoms with E-state index in [4.69, 9.17) is 0 Å². The Labute approximate surface area is 161 Å². The summed E-state index contributed by atoms with van der Waals surface area (Å²) in [4.78, 5) is 28.2. The molecule has 1 heterocycles. The fourth-order valence-corrected chi connectivity index (χ4v) is 3.41. The van der Waals surface area contributed by atoms with E-state index in [1.165, 1.54) is 11.3 Å². The zero-order valence-electron chi connectivity index (χ0n) is 16.1. The molecule has 2 aromatic carbocycles. The van der Waals surface area contributed by atoms with Crippen molar-refractivity contribution in [2.45, 2.75) is 26.7 Å². The van der Waals surface area contributed by atoms with Crippen LogP contribution in [-0.2, 0) is 4.79 Å². The van der Waals surface area contributed by atoms with Crippen LogP contribution >= 0.6 is 0 Å². The molecule has 0 atom stereocenters. The lowest BCUT2D eigenvalue weighted by Crippen LogP contribution is -2.35. The van der Waals surface area contributed by atoms with Crippen molar-refractivity contribution in [3.05, 3.63) is 59.7 Å². The molecule has 2 aromatic rings. The number of hydrogen-bond acceptors (Lipinski definition) is 3. The van der Waals surface area contributed by atoms with Crippen LogP contribution in [0.1, 0.15) is 35.7 Å². The topological polar surface area (TPSA) is 52.7 Å².